The number of hydrogen-bond donors (Lipinski definition) is 1. The summed E-state index contributed by atoms with van der Waals surface area (Å²) in [4.78, 5) is 13.5. The highest BCUT2D eigenvalue weighted by Crippen LogP contribution is 2.54. The van der Waals surface area contributed by atoms with Crippen LogP contribution in [0.1, 0.15) is 45.0 Å². The molecule has 0 saturated heterocycles. The molecule has 3 aromatic carbocycles. The number of benzene rings is 3. The van der Waals surface area contributed by atoms with Gasteiger partial charge >= 0.3 is 0 Å². The van der Waals surface area contributed by atoms with Gasteiger partial charge in [0.05, 0.1) is 5.92 Å². The maximum absolute atomic E-state index is 13.5. The highest BCUT2D eigenvalue weighted by atomic mass is 16.5. The number of rotatable bonds is 2. The maximum Gasteiger partial charge on any atom is 0.171 e. The summed E-state index contributed by atoms with van der Waals surface area (Å²) in [6.45, 7) is 0. The van der Waals surface area contributed by atoms with Crippen molar-refractivity contribution in [1.82, 2.24) is 0 Å². The number of aliphatic hydroxyl groups is 1. The van der Waals surface area contributed by atoms with Crippen LogP contribution in [0.4, 0.5) is 0 Å². The van der Waals surface area contributed by atoms with Gasteiger partial charge in [-0.2, -0.15) is 0 Å². The van der Waals surface area contributed by atoms with Crippen molar-refractivity contribution in [1.29, 1.82) is 0 Å². The van der Waals surface area contributed by atoms with Gasteiger partial charge in [-0.15, -0.1) is 0 Å². The molecule has 0 aromatic heterocycles. The first-order chi connectivity index (χ1) is 12.8. The van der Waals surface area contributed by atoms with Gasteiger partial charge in [0.2, 0.25) is 0 Å². The van der Waals surface area contributed by atoms with Crippen molar-refractivity contribution in [3.8, 4) is 5.75 Å². The molecule has 2 aliphatic rings. The van der Waals surface area contributed by atoms with Gasteiger partial charge in [-0.3, -0.25) is 4.79 Å². The van der Waals surface area contributed by atoms with Gasteiger partial charge in [0.1, 0.15) is 18.0 Å². The van der Waals surface area contributed by atoms with E-state index < -0.39 is 12.2 Å². The fourth-order valence-electron chi connectivity index (χ4n) is 4.41. The molecule has 0 radical (unpaired) electrons. The molecule has 1 aliphatic carbocycles. The molecule has 3 heteroatoms. The lowest BCUT2D eigenvalue weighted by Crippen LogP contribution is -2.38. The van der Waals surface area contributed by atoms with Crippen molar-refractivity contribution >= 4 is 5.78 Å². The van der Waals surface area contributed by atoms with Gasteiger partial charge in [0, 0.05) is 17.0 Å². The number of carbonyl (C=O) groups excluding carboxylic acids is 1. The number of hydrogen-bond acceptors (Lipinski definition) is 3. The van der Waals surface area contributed by atoms with Crippen LogP contribution in [0.3, 0.4) is 0 Å². The third-order valence-corrected chi connectivity index (χ3v) is 5.56. The Morgan fingerprint density at radius 2 is 1.38 bits per heavy atom. The van der Waals surface area contributed by atoms with Crippen LogP contribution in [-0.2, 0) is 0 Å². The number of fused-ring (bicyclic) bond motifs is 4. The molecule has 4 atom stereocenters. The third-order valence-electron chi connectivity index (χ3n) is 5.56. The van der Waals surface area contributed by atoms with Gasteiger partial charge < -0.3 is 9.84 Å². The number of ether oxygens (including phenoxy) is 1. The van der Waals surface area contributed by atoms with Crippen molar-refractivity contribution in [3.63, 3.8) is 0 Å². The van der Waals surface area contributed by atoms with E-state index in [9.17, 15) is 9.90 Å². The predicted molar refractivity (Wildman–Crippen MR) is 98.5 cm³/mol. The molecule has 26 heavy (non-hydrogen) atoms. The fourth-order valence-corrected chi connectivity index (χ4v) is 4.41. The standard InChI is InChI=1S/C23H18O3/c24-21(14-8-2-1-3-9-14)19-15-10-4-5-11-16(15)22(25)23-20(19)17-12-6-7-13-18(17)26-23/h1-13,19-20,22-23,25H/t19-,20+,22+,23+/m1/s1. The Morgan fingerprint density at radius 1 is 0.769 bits per heavy atom. The minimum absolute atomic E-state index is 0.0697. The van der Waals surface area contributed by atoms with Crippen molar-refractivity contribution in [2.45, 2.75) is 24.0 Å². The number of Topliss-reactive ketones (excluding diaryl/α,β-unsaturated/α-hetero) is 1. The van der Waals surface area contributed by atoms with Gasteiger partial charge in [0.25, 0.3) is 0 Å². The van der Waals surface area contributed by atoms with Crippen LogP contribution in [0.15, 0.2) is 78.9 Å². The van der Waals surface area contributed by atoms with Gasteiger partial charge in [-0.05, 0) is 17.2 Å². The van der Waals surface area contributed by atoms with E-state index >= 15 is 0 Å². The Labute approximate surface area is 151 Å². The Hall–Kier alpha value is -2.91. The average molecular weight is 342 g/mol. The zero-order valence-corrected chi connectivity index (χ0v) is 14.1. The van der Waals surface area contributed by atoms with Gasteiger partial charge in [-0.1, -0.05) is 72.8 Å². The lowest BCUT2D eigenvalue weighted by atomic mass is 9.67. The number of carbonyl (C=O) groups is 1. The van der Waals surface area contributed by atoms with E-state index in [4.69, 9.17) is 4.74 Å². The first-order valence-corrected chi connectivity index (χ1v) is 8.87. The van der Waals surface area contributed by atoms with E-state index in [1.165, 1.54) is 0 Å². The molecule has 1 heterocycles. The van der Waals surface area contributed by atoms with E-state index in [-0.39, 0.29) is 17.6 Å². The maximum atomic E-state index is 13.5. The van der Waals surface area contributed by atoms with Gasteiger partial charge in [-0.25, -0.2) is 0 Å². The first-order valence-electron chi connectivity index (χ1n) is 8.87. The van der Waals surface area contributed by atoms with Crippen molar-refractivity contribution in [2.24, 2.45) is 0 Å². The molecule has 0 amide bonds. The minimum Gasteiger partial charge on any atom is -0.486 e. The zero-order chi connectivity index (χ0) is 17.7. The molecule has 0 unspecified atom stereocenters. The summed E-state index contributed by atoms with van der Waals surface area (Å²) in [5.74, 6) is 0.273. The summed E-state index contributed by atoms with van der Waals surface area (Å²) < 4.78 is 6.09. The largest absolute Gasteiger partial charge is 0.486 e. The molecular weight excluding hydrogens is 324 g/mol. The van der Waals surface area contributed by atoms with Crippen LogP contribution in [0.5, 0.6) is 5.75 Å². The number of ketones is 1. The first kappa shape index (κ1) is 15.4. The summed E-state index contributed by atoms with van der Waals surface area (Å²) in [6.07, 6.45) is -1.19. The molecule has 0 bridgehead atoms. The summed E-state index contributed by atoms with van der Waals surface area (Å²) >= 11 is 0. The summed E-state index contributed by atoms with van der Waals surface area (Å²) in [6, 6.07) is 24.9. The second-order valence-corrected chi connectivity index (χ2v) is 6.93. The number of aliphatic hydroxyl groups excluding tert-OH is 1. The monoisotopic (exact) mass is 342 g/mol. The van der Waals surface area contributed by atoms with Crippen molar-refractivity contribution in [3.05, 3.63) is 101 Å². The Bertz CT molecular complexity index is 980. The van der Waals surface area contributed by atoms with Gasteiger partial charge in [0.15, 0.2) is 5.78 Å². The van der Waals surface area contributed by atoms with E-state index in [2.05, 4.69) is 0 Å². The lowest BCUT2D eigenvalue weighted by molar-refractivity contribution is 0.0198. The molecule has 3 nitrogen and oxygen atoms in total. The van der Waals surface area contributed by atoms with Crippen LogP contribution < -0.4 is 4.74 Å². The third kappa shape index (κ3) is 2.14. The Balaban J connectivity index is 1.71. The molecule has 1 N–H and O–H groups in total. The Kier molecular flexibility index (Phi) is 3.44. The predicted octanol–water partition coefficient (Wildman–Crippen LogP) is 4.24. The van der Waals surface area contributed by atoms with Crippen LogP contribution >= 0.6 is 0 Å². The quantitative estimate of drug-likeness (QED) is 0.709. The second kappa shape index (κ2) is 5.82. The molecule has 0 fully saturated rings. The molecule has 0 spiro atoms. The Morgan fingerprint density at radius 3 is 2.15 bits per heavy atom. The summed E-state index contributed by atoms with van der Waals surface area (Å²) in [7, 11) is 0. The normalized spacial score (nSPS) is 25.6. The number of para-hydroxylation sites is 1. The average Bonchev–Trinajstić information content (AvgIpc) is 3.09. The zero-order valence-electron chi connectivity index (χ0n) is 14.1. The molecule has 5 rings (SSSR count). The summed E-state index contributed by atoms with van der Waals surface area (Å²) in [5.41, 5.74) is 3.37. The molecule has 128 valence electrons. The van der Waals surface area contributed by atoms with Crippen LogP contribution in [-0.4, -0.2) is 17.0 Å². The molecule has 1 aliphatic heterocycles. The highest BCUT2D eigenvalue weighted by Gasteiger charge is 2.51. The van der Waals surface area contributed by atoms with E-state index in [1.54, 1.807) is 0 Å². The fraction of sp³-hybridized carbons (Fsp3) is 0.174. The van der Waals surface area contributed by atoms with E-state index in [0.717, 1.165) is 22.4 Å². The van der Waals surface area contributed by atoms with Crippen LogP contribution in [0, 0.1) is 0 Å². The SMILES string of the molecule is O=C(c1ccccc1)[C@@H]1c2ccccc2[C@H](O)[C@H]2Oc3ccccc3[C@H]21. The van der Waals surface area contributed by atoms with Crippen LogP contribution in [0.2, 0.25) is 0 Å². The van der Waals surface area contributed by atoms with E-state index in [0.29, 0.717) is 5.56 Å². The van der Waals surface area contributed by atoms with Crippen LogP contribution in [0.25, 0.3) is 0 Å². The van der Waals surface area contributed by atoms with Crippen molar-refractivity contribution in [2.75, 3.05) is 0 Å². The topological polar surface area (TPSA) is 46.5 Å². The highest BCUT2D eigenvalue weighted by molar-refractivity contribution is 6.02. The minimum atomic E-state index is -0.747. The molecule has 0 saturated carbocycles. The van der Waals surface area contributed by atoms with E-state index in [1.807, 2.05) is 78.9 Å². The van der Waals surface area contributed by atoms with Crippen molar-refractivity contribution < 1.29 is 14.6 Å². The smallest absolute Gasteiger partial charge is 0.171 e. The molecule has 3 aromatic rings. The summed E-state index contributed by atoms with van der Waals surface area (Å²) in [5, 5.41) is 10.9. The second-order valence-electron chi connectivity index (χ2n) is 6.93. The molecular formula is C23H18O3. The lowest BCUT2D eigenvalue weighted by Gasteiger charge is -2.37.